The number of amides is 1. The first-order chi connectivity index (χ1) is 14.4. The van der Waals surface area contributed by atoms with Crippen LogP contribution in [-0.4, -0.2) is 31.5 Å². The summed E-state index contributed by atoms with van der Waals surface area (Å²) in [6, 6.07) is 15.2. The molecule has 10 heteroatoms. The normalized spacial score (nSPS) is 15.6. The van der Waals surface area contributed by atoms with Crippen LogP contribution >= 0.6 is 11.6 Å². The molecule has 3 aromatic rings. The van der Waals surface area contributed by atoms with Gasteiger partial charge in [0.05, 0.1) is 21.9 Å². The molecule has 4 rings (SSSR count). The van der Waals surface area contributed by atoms with E-state index in [1.807, 2.05) is 30.3 Å². The van der Waals surface area contributed by atoms with E-state index in [0.29, 0.717) is 16.8 Å². The maximum atomic E-state index is 12.2. The van der Waals surface area contributed by atoms with Crippen molar-refractivity contribution in [3.05, 3.63) is 86.7 Å². The molecule has 0 saturated heterocycles. The van der Waals surface area contributed by atoms with E-state index in [4.69, 9.17) is 16.3 Å². The highest BCUT2D eigenvalue weighted by atomic mass is 35.5. The van der Waals surface area contributed by atoms with Crippen molar-refractivity contribution in [2.45, 2.75) is 20.1 Å². The maximum Gasteiger partial charge on any atom is 0.270 e. The monoisotopic (exact) mass is 425 g/mol. The van der Waals surface area contributed by atoms with Crippen molar-refractivity contribution in [2.24, 2.45) is 5.10 Å². The van der Waals surface area contributed by atoms with Crippen LogP contribution in [0.15, 0.2) is 59.7 Å². The van der Waals surface area contributed by atoms with Crippen LogP contribution in [0.4, 0.5) is 5.69 Å². The van der Waals surface area contributed by atoms with Crippen molar-refractivity contribution >= 4 is 29.1 Å². The van der Waals surface area contributed by atoms with Gasteiger partial charge in [-0.05, 0) is 25.1 Å². The number of nitro benzene ring substituents is 1. The highest BCUT2D eigenvalue weighted by Crippen LogP contribution is 2.37. The molecule has 9 nitrogen and oxygen atoms in total. The molecule has 1 amide bonds. The van der Waals surface area contributed by atoms with Gasteiger partial charge in [-0.25, -0.2) is 4.68 Å². The minimum Gasteiger partial charge on any atom is -0.445 e. The zero-order valence-corrected chi connectivity index (χ0v) is 16.8. The predicted molar refractivity (Wildman–Crippen MR) is 109 cm³/mol. The van der Waals surface area contributed by atoms with Crippen LogP contribution in [0.5, 0.6) is 0 Å². The van der Waals surface area contributed by atoms with Gasteiger partial charge in [-0.1, -0.05) is 35.9 Å². The highest BCUT2D eigenvalue weighted by molar-refractivity contribution is 6.30. The van der Waals surface area contributed by atoms with Crippen LogP contribution < -0.4 is 0 Å². The van der Waals surface area contributed by atoms with Crippen LogP contribution in [0.25, 0.3) is 5.69 Å². The van der Waals surface area contributed by atoms with E-state index in [-0.39, 0.29) is 22.6 Å². The van der Waals surface area contributed by atoms with E-state index in [1.165, 1.54) is 25.1 Å². The Labute approximate surface area is 176 Å². The lowest BCUT2D eigenvalue weighted by atomic mass is 10.2. The number of rotatable bonds is 4. The van der Waals surface area contributed by atoms with Crippen molar-refractivity contribution < 1.29 is 14.5 Å². The van der Waals surface area contributed by atoms with Crippen molar-refractivity contribution in [3.8, 4) is 5.69 Å². The van der Waals surface area contributed by atoms with Crippen molar-refractivity contribution in [1.82, 2.24) is 14.8 Å². The lowest BCUT2D eigenvalue weighted by molar-refractivity contribution is -0.384. The number of para-hydroxylation sites is 1. The molecular weight excluding hydrogens is 410 g/mol. The fourth-order valence-corrected chi connectivity index (χ4v) is 3.52. The van der Waals surface area contributed by atoms with Gasteiger partial charge >= 0.3 is 0 Å². The SMILES string of the molecule is CC(=O)N1N=C(c2cccc([N+](=O)[O-])c2)O[C@H]1c1c(C)nn(-c2ccccc2)c1Cl. The van der Waals surface area contributed by atoms with E-state index in [1.54, 1.807) is 17.7 Å². The average molecular weight is 426 g/mol. The lowest BCUT2D eigenvalue weighted by Crippen LogP contribution is -2.25. The molecule has 0 N–H and O–H groups in total. The fourth-order valence-electron chi connectivity index (χ4n) is 3.16. The number of halogens is 1. The largest absolute Gasteiger partial charge is 0.445 e. The molecule has 0 saturated carbocycles. The van der Waals surface area contributed by atoms with E-state index in [0.717, 1.165) is 10.7 Å². The topological polar surface area (TPSA) is 103 Å². The molecule has 1 aliphatic rings. The Hall–Kier alpha value is -3.72. The summed E-state index contributed by atoms with van der Waals surface area (Å²) in [7, 11) is 0. The van der Waals surface area contributed by atoms with Crippen LogP contribution in [0.1, 0.15) is 30.0 Å². The third-order valence-corrected chi connectivity index (χ3v) is 4.93. The summed E-state index contributed by atoms with van der Waals surface area (Å²) >= 11 is 6.62. The van der Waals surface area contributed by atoms with Gasteiger partial charge in [0.15, 0.2) is 0 Å². The van der Waals surface area contributed by atoms with Crippen LogP contribution in [-0.2, 0) is 9.53 Å². The van der Waals surface area contributed by atoms with Gasteiger partial charge in [0.25, 0.3) is 5.69 Å². The summed E-state index contributed by atoms with van der Waals surface area (Å²) in [5, 5.41) is 21.2. The Morgan fingerprint density at radius 3 is 2.60 bits per heavy atom. The molecule has 0 fully saturated rings. The van der Waals surface area contributed by atoms with Gasteiger partial charge in [0.1, 0.15) is 5.15 Å². The van der Waals surface area contributed by atoms with E-state index < -0.39 is 11.2 Å². The predicted octanol–water partition coefficient (Wildman–Crippen LogP) is 3.98. The van der Waals surface area contributed by atoms with Crippen molar-refractivity contribution in [2.75, 3.05) is 0 Å². The second kappa shape index (κ2) is 7.60. The summed E-state index contributed by atoms with van der Waals surface area (Å²) in [5.41, 5.74) is 2.07. The summed E-state index contributed by atoms with van der Waals surface area (Å²) in [5.74, 6) is -0.287. The molecule has 0 unspecified atom stereocenters. The molecule has 0 aliphatic carbocycles. The Morgan fingerprint density at radius 2 is 1.93 bits per heavy atom. The smallest absolute Gasteiger partial charge is 0.270 e. The molecule has 30 heavy (non-hydrogen) atoms. The average Bonchev–Trinajstić information content (AvgIpc) is 3.29. The van der Waals surface area contributed by atoms with E-state index in [9.17, 15) is 14.9 Å². The molecule has 0 spiro atoms. The minimum atomic E-state index is -0.943. The number of nitrogens with zero attached hydrogens (tertiary/aromatic N) is 5. The molecule has 1 aliphatic heterocycles. The molecule has 1 atom stereocenters. The van der Waals surface area contributed by atoms with Gasteiger partial charge in [0, 0.05) is 24.6 Å². The number of non-ortho nitro benzene ring substituents is 1. The number of nitro groups is 1. The first kappa shape index (κ1) is 19.6. The van der Waals surface area contributed by atoms with Crippen molar-refractivity contribution in [3.63, 3.8) is 0 Å². The summed E-state index contributed by atoms with van der Waals surface area (Å²) in [6.45, 7) is 3.11. The quantitative estimate of drug-likeness (QED) is 0.464. The van der Waals surface area contributed by atoms with Crippen molar-refractivity contribution in [1.29, 1.82) is 0 Å². The summed E-state index contributed by atoms with van der Waals surface area (Å²) in [4.78, 5) is 22.8. The van der Waals surface area contributed by atoms with Gasteiger partial charge in [-0.3, -0.25) is 14.9 Å². The second-order valence-corrected chi connectivity index (χ2v) is 6.94. The Morgan fingerprint density at radius 1 is 1.20 bits per heavy atom. The van der Waals surface area contributed by atoms with Gasteiger partial charge < -0.3 is 4.74 Å². The number of hydrazone groups is 1. The zero-order valence-electron chi connectivity index (χ0n) is 16.0. The number of aryl methyl sites for hydroxylation is 1. The molecule has 2 heterocycles. The standard InChI is InChI=1S/C20H16ClN5O4/c1-12-17(18(21)25(22-12)15-8-4-3-5-9-15)20-24(13(2)27)23-19(30-20)14-7-6-10-16(11-14)26(28)29/h3-11,20H,1-2H3/t20-/m0/s1. The van der Waals surface area contributed by atoms with Gasteiger partial charge in [0.2, 0.25) is 18.0 Å². The Kier molecular flexibility index (Phi) is 4.96. The molecule has 0 radical (unpaired) electrons. The zero-order chi connectivity index (χ0) is 21.4. The number of ether oxygens (including phenoxy) is 1. The number of aromatic nitrogens is 2. The Bertz CT molecular complexity index is 1180. The Balaban J connectivity index is 1.74. The first-order valence-electron chi connectivity index (χ1n) is 8.97. The lowest BCUT2D eigenvalue weighted by Gasteiger charge is -2.19. The third kappa shape index (κ3) is 3.39. The summed E-state index contributed by atoms with van der Waals surface area (Å²) in [6.07, 6.45) is -0.943. The molecule has 152 valence electrons. The molecular formula is C20H16ClN5O4. The van der Waals surface area contributed by atoms with E-state index >= 15 is 0 Å². The van der Waals surface area contributed by atoms with Crippen LogP contribution in [0, 0.1) is 17.0 Å². The first-order valence-corrected chi connectivity index (χ1v) is 9.35. The van der Waals surface area contributed by atoms with Gasteiger partial charge in [-0.2, -0.15) is 10.1 Å². The number of hydrogen-bond acceptors (Lipinski definition) is 6. The molecule has 1 aromatic heterocycles. The fraction of sp³-hybridized carbons (Fsp3) is 0.150. The number of carbonyl (C=O) groups is 1. The highest BCUT2D eigenvalue weighted by Gasteiger charge is 2.38. The number of carbonyl (C=O) groups excluding carboxylic acids is 1. The molecule has 0 bridgehead atoms. The van der Waals surface area contributed by atoms with Crippen LogP contribution in [0.2, 0.25) is 5.15 Å². The maximum absolute atomic E-state index is 12.2. The van der Waals surface area contributed by atoms with E-state index in [2.05, 4.69) is 10.2 Å². The molecule has 2 aromatic carbocycles. The number of hydrogen-bond donors (Lipinski definition) is 0. The third-order valence-electron chi connectivity index (χ3n) is 4.57. The second-order valence-electron chi connectivity index (χ2n) is 6.58. The summed E-state index contributed by atoms with van der Waals surface area (Å²) < 4.78 is 7.50. The number of benzene rings is 2. The van der Waals surface area contributed by atoms with Gasteiger partial charge in [-0.15, -0.1) is 5.10 Å². The minimum absolute atomic E-state index is 0.0850. The van der Waals surface area contributed by atoms with Crippen LogP contribution in [0.3, 0.4) is 0 Å².